The zero-order chi connectivity index (χ0) is 20.5. The smallest absolute Gasteiger partial charge is 0.262 e. The third kappa shape index (κ3) is 3.96. The number of hydrogen-bond donors (Lipinski definition) is 0. The van der Waals surface area contributed by atoms with E-state index in [1.54, 1.807) is 12.4 Å². The van der Waals surface area contributed by atoms with Crippen LogP contribution in [0, 0.1) is 19.7 Å². The van der Waals surface area contributed by atoms with Crippen LogP contribution in [-0.2, 0) is 17.8 Å². The monoisotopic (exact) mass is 413 g/mol. The summed E-state index contributed by atoms with van der Waals surface area (Å²) in [5.74, 6) is -0.214. The molecule has 1 unspecified atom stereocenters. The highest BCUT2D eigenvalue weighted by molar-refractivity contribution is 7.18. The van der Waals surface area contributed by atoms with E-state index in [-0.39, 0.29) is 29.7 Å². The minimum absolute atomic E-state index is 0.0362. The van der Waals surface area contributed by atoms with Crippen molar-refractivity contribution in [3.63, 3.8) is 0 Å². The maximum Gasteiger partial charge on any atom is 0.262 e. The van der Waals surface area contributed by atoms with Gasteiger partial charge in [-0.25, -0.2) is 9.37 Å². The molecule has 152 valence electrons. The summed E-state index contributed by atoms with van der Waals surface area (Å²) in [6, 6.07) is 6.65. The number of likely N-dealkylation sites (tertiary alicyclic amines) is 1. The van der Waals surface area contributed by atoms with Crippen molar-refractivity contribution in [1.82, 2.24) is 14.5 Å². The van der Waals surface area contributed by atoms with Crippen molar-refractivity contribution in [2.75, 3.05) is 6.54 Å². The molecular formula is C22H24FN3O2S. The fourth-order valence-electron chi connectivity index (χ4n) is 4.10. The fraction of sp³-hybridized carbons (Fsp3) is 0.409. The molecule has 2 aromatic heterocycles. The van der Waals surface area contributed by atoms with Crippen molar-refractivity contribution >= 4 is 27.5 Å². The highest BCUT2D eigenvalue weighted by Gasteiger charge is 2.28. The molecule has 5 nitrogen and oxygen atoms in total. The molecular weight excluding hydrogens is 389 g/mol. The molecule has 0 N–H and O–H groups in total. The first-order chi connectivity index (χ1) is 13.9. The van der Waals surface area contributed by atoms with Crippen LogP contribution < -0.4 is 5.56 Å². The number of amides is 1. The minimum atomic E-state index is -0.250. The standard InChI is InChI=1S/C22H24FN3O2S/c1-14-15(2)29-21-20(14)22(28)25(13-24-21)10-8-19(27)26-9-4-7-18(26)12-16-5-3-6-17(23)11-16/h3,5-6,11,13,18H,4,7-10,12H2,1-2H3. The molecule has 4 rings (SSSR count). The van der Waals surface area contributed by atoms with E-state index in [1.807, 2.05) is 24.8 Å². The van der Waals surface area contributed by atoms with E-state index < -0.39 is 0 Å². The van der Waals surface area contributed by atoms with E-state index in [9.17, 15) is 14.0 Å². The van der Waals surface area contributed by atoms with E-state index in [4.69, 9.17) is 0 Å². The Morgan fingerprint density at radius 2 is 2.17 bits per heavy atom. The summed E-state index contributed by atoms with van der Waals surface area (Å²) in [5.41, 5.74) is 1.80. The fourth-order valence-corrected chi connectivity index (χ4v) is 5.09. The number of aryl methyl sites for hydroxylation is 3. The van der Waals surface area contributed by atoms with Crippen molar-refractivity contribution in [2.24, 2.45) is 0 Å². The van der Waals surface area contributed by atoms with E-state index in [2.05, 4.69) is 4.98 Å². The van der Waals surface area contributed by atoms with Gasteiger partial charge in [0, 0.05) is 30.4 Å². The molecule has 1 fully saturated rings. The Morgan fingerprint density at radius 3 is 2.97 bits per heavy atom. The highest BCUT2D eigenvalue weighted by atomic mass is 32.1. The summed E-state index contributed by atoms with van der Waals surface area (Å²) < 4.78 is 15.0. The molecule has 7 heteroatoms. The van der Waals surface area contributed by atoms with Crippen LogP contribution in [0.3, 0.4) is 0 Å². The van der Waals surface area contributed by atoms with Crippen LogP contribution in [0.15, 0.2) is 35.4 Å². The molecule has 0 bridgehead atoms. The van der Waals surface area contributed by atoms with Gasteiger partial charge in [-0.1, -0.05) is 12.1 Å². The Labute approximate surface area is 172 Å². The molecule has 0 radical (unpaired) electrons. The zero-order valence-corrected chi connectivity index (χ0v) is 17.5. The average Bonchev–Trinajstić information content (AvgIpc) is 3.26. The Balaban J connectivity index is 1.45. The van der Waals surface area contributed by atoms with Gasteiger partial charge in [0.15, 0.2) is 0 Å². The third-order valence-corrected chi connectivity index (χ3v) is 6.90. The number of halogens is 1. The van der Waals surface area contributed by atoms with Gasteiger partial charge in [0.25, 0.3) is 5.56 Å². The van der Waals surface area contributed by atoms with Gasteiger partial charge in [0.1, 0.15) is 10.6 Å². The lowest BCUT2D eigenvalue weighted by Gasteiger charge is -2.25. The molecule has 1 atom stereocenters. The molecule has 0 aliphatic carbocycles. The van der Waals surface area contributed by atoms with Gasteiger partial charge in [-0.15, -0.1) is 11.3 Å². The molecule has 0 spiro atoms. The Hall–Kier alpha value is -2.54. The lowest BCUT2D eigenvalue weighted by molar-refractivity contribution is -0.132. The SMILES string of the molecule is Cc1sc2ncn(CCC(=O)N3CCCC3Cc3cccc(F)c3)c(=O)c2c1C. The molecule has 3 heterocycles. The Morgan fingerprint density at radius 1 is 1.34 bits per heavy atom. The molecule has 1 aromatic carbocycles. The predicted molar refractivity (Wildman–Crippen MR) is 113 cm³/mol. The quantitative estimate of drug-likeness (QED) is 0.639. The van der Waals surface area contributed by atoms with Gasteiger partial charge in [-0.3, -0.25) is 14.2 Å². The topological polar surface area (TPSA) is 55.2 Å². The number of benzene rings is 1. The average molecular weight is 414 g/mol. The number of rotatable bonds is 5. The lowest BCUT2D eigenvalue weighted by atomic mass is 10.0. The first-order valence-electron chi connectivity index (χ1n) is 9.93. The summed E-state index contributed by atoms with van der Waals surface area (Å²) in [6.45, 7) is 4.96. The predicted octanol–water partition coefficient (Wildman–Crippen LogP) is 3.84. The molecule has 1 amide bonds. The highest BCUT2D eigenvalue weighted by Crippen LogP contribution is 2.26. The van der Waals surface area contributed by atoms with Gasteiger partial charge < -0.3 is 4.90 Å². The number of thiophene rings is 1. The Kier molecular flexibility index (Phi) is 5.50. The van der Waals surface area contributed by atoms with Crippen molar-refractivity contribution in [3.8, 4) is 0 Å². The van der Waals surface area contributed by atoms with Gasteiger partial charge in [-0.2, -0.15) is 0 Å². The molecule has 1 saturated heterocycles. The normalized spacial score (nSPS) is 16.7. The second kappa shape index (κ2) is 8.06. The summed E-state index contributed by atoms with van der Waals surface area (Å²) in [4.78, 5) is 33.8. The number of carbonyl (C=O) groups excluding carboxylic acids is 1. The third-order valence-electron chi connectivity index (χ3n) is 5.78. The van der Waals surface area contributed by atoms with Crippen molar-refractivity contribution < 1.29 is 9.18 Å². The summed E-state index contributed by atoms with van der Waals surface area (Å²) in [5, 5.41) is 0.660. The number of carbonyl (C=O) groups is 1. The zero-order valence-electron chi connectivity index (χ0n) is 16.7. The molecule has 1 aliphatic heterocycles. The first-order valence-corrected chi connectivity index (χ1v) is 10.7. The van der Waals surface area contributed by atoms with Crippen LogP contribution in [0.1, 0.15) is 35.3 Å². The van der Waals surface area contributed by atoms with Crippen molar-refractivity contribution in [3.05, 3.63) is 62.8 Å². The van der Waals surface area contributed by atoms with Crippen molar-refractivity contribution in [2.45, 2.75) is 52.1 Å². The van der Waals surface area contributed by atoms with Crippen LogP contribution in [0.4, 0.5) is 4.39 Å². The van der Waals surface area contributed by atoms with Crippen LogP contribution >= 0.6 is 11.3 Å². The van der Waals surface area contributed by atoms with Gasteiger partial charge in [0.05, 0.1) is 11.7 Å². The van der Waals surface area contributed by atoms with E-state index in [0.29, 0.717) is 24.9 Å². The van der Waals surface area contributed by atoms with Crippen molar-refractivity contribution in [1.29, 1.82) is 0 Å². The Bertz CT molecular complexity index is 1120. The van der Waals surface area contributed by atoms with Gasteiger partial charge in [0.2, 0.25) is 5.91 Å². The van der Waals surface area contributed by atoms with E-state index in [1.165, 1.54) is 28.0 Å². The maximum absolute atomic E-state index is 13.5. The summed E-state index contributed by atoms with van der Waals surface area (Å²) >= 11 is 1.52. The number of hydrogen-bond acceptors (Lipinski definition) is 4. The molecule has 3 aromatic rings. The van der Waals surface area contributed by atoms with Crippen LogP contribution in [-0.4, -0.2) is 32.9 Å². The second-order valence-electron chi connectivity index (χ2n) is 7.67. The number of nitrogens with zero attached hydrogens (tertiary/aromatic N) is 3. The van der Waals surface area contributed by atoms with Crippen LogP contribution in [0.25, 0.3) is 10.2 Å². The van der Waals surface area contributed by atoms with E-state index >= 15 is 0 Å². The number of fused-ring (bicyclic) bond motifs is 1. The van der Waals surface area contributed by atoms with E-state index in [0.717, 1.165) is 33.7 Å². The van der Waals surface area contributed by atoms with Gasteiger partial charge in [-0.05, 0) is 56.4 Å². The first kappa shape index (κ1) is 19.8. The molecule has 29 heavy (non-hydrogen) atoms. The molecule has 1 aliphatic rings. The number of aromatic nitrogens is 2. The maximum atomic E-state index is 13.5. The molecule has 0 saturated carbocycles. The van der Waals surface area contributed by atoms with Crippen LogP contribution in [0.5, 0.6) is 0 Å². The minimum Gasteiger partial charge on any atom is -0.339 e. The largest absolute Gasteiger partial charge is 0.339 e. The second-order valence-corrected chi connectivity index (χ2v) is 8.88. The summed E-state index contributed by atoms with van der Waals surface area (Å²) in [6.07, 6.45) is 4.33. The summed E-state index contributed by atoms with van der Waals surface area (Å²) in [7, 11) is 0. The van der Waals surface area contributed by atoms with Crippen LogP contribution in [0.2, 0.25) is 0 Å². The van der Waals surface area contributed by atoms with Gasteiger partial charge >= 0.3 is 0 Å². The lowest BCUT2D eigenvalue weighted by Crippen LogP contribution is -2.37.